The number of hydrogen-bond donors (Lipinski definition) is 2. The molecular weight excluding hydrogens is 308 g/mol. The molecule has 0 aliphatic carbocycles. The van der Waals surface area contributed by atoms with Gasteiger partial charge in [-0.1, -0.05) is 23.2 Å². The van der Waals surface area contributed by atoms with Crippen LogP contribution in [0.5, 0.6) is 0 Å². The van der Waals surface area contributed by atoms with E-state index in [0.717, 1.165) is 12.1 Å². The van der Waals surface area contributed by atoms with E-state index in [1.165, 1.54) is 7.11 Å². The first-order chi connectivity index (χ1) is 9.26. The highest BCUT2D eigenvalue weighted by atomic mass is 35.5. The highest BCUT2D eigenvalue weighted by Crippen LogP contribution is 2.24. The van der Waals surface area contributed by atoms with Crippen molar-refractivity contribution in [3.63, 3.8) is 0 Å². The van der Waals surface area contributed by atoms with Crippen molar-refractivity contribution in [2.45, 2.75) is 18.9 Å². The van der Waals surface area contributed by atoms with Crippen LogP contribution in [0.25, 0.3) is 0 Å². The first-order valence-corrected chi connectivity index (χ1v) is 6.66. The molecule has 0 radical (unpaired) electrons. The second-order valence-electron chi connectivity index (χ2n) is 4.67. The summed E-state index contributed by atoms with van der Waals surface area (Å²) in [7, 11) is 1.52. The van der Waals surface area contributed by atoms with Gasteiger partial charge >= 0.3 is 0 Å². The minimum atomic E-state index is -1.12. The Morgan fingerprint density at radius 3 is 2.70 bits per heavy atom. The SMILES string of the molecule is COCCC(C)(O)CNC(=O)c1cc(F)c(Cl)cc1Cl. The summed E-state index contributed by atoms with van der Waals surface area (Å²) in [5.41, 5.74) is -1.15. The Morgan fingerprint density at radius 2 is 2.10 bits per heavy atom. The molecule has 1 atom stereocenters. The second-order valence-corrected chi connectivity index (χ2v) is 5.48. The largest absolute Gasteiger partial charge is 0.388 e. The van der Waals surface area contributed by atoms with Crippen LogP contribution in [0.3, 0.4) is 0 Å². The molecule has 0 heterocycles. The van der Waals surface area contributed by atoms with Crippen LogP contribution < -0.4 is 5.32 Å². The summed E-state index contributed by atoms with van der Waals surface area (Å²) in [6.45, 7) is 1.92. The first-order valence-electron chi connectivity index (χ1n) is 5.91. The third-order valence-corrected chi connectivity index (χ3v) is 3.33. The number of aliphatic hydroxyl groups is 1. The zero-order chi connectivity index (χ0) is 15.3. The summed E-state index contributed by atoms with van der Waals surface area (Å²) in [5, 5.41) is 12.4. The molecule has 0 aliphatic heterocycles. The zero-order valence-electron chi connectivity index (χ0n) is 11.2. The predicted octanol–water partition coefficient (Wildman–Crippen LogP) is 2.65. The fourth-order valence-corrected chi connectivity index (χ4v) is 1.94. The maximum Gasteiger partial charge on any atom is 0.253 e. The second kappa shape index (κ2) is 7.22. The lowest BCUT2D eigenvalue weighted by molar-refractivity contribution is 0.0243. The van der Waals surface area contributed by atoms with Crippen molar-refractivity contribution in [1.82, 2.24) is 5.32 Å². The van der Waals surface area contributed by atoms with Gasteiger partial charge in [0.05, 0.1) is 21.2 Å². The molecule has 0 saturated carbocycles. The summed E-state index contributed by atoms with van der Waals surface area (Å²) in [6, 6.07) is 2.13. The minimum absolute atomic E-state index is 0.00420. The van der Waals surface area contributed by atoms with Crippen molar-refractivity contribution in [1.29, 1.82) is 0 Å². The van der Waals surface area contributed by atoms with Gasteiger partial charge in [0.2, 0.25) is 0 Å². The Balaban J connectivity index is 2.70. The monoisotopic (exact) mass is 323 g/mol. The Bertz CT molecular complexity index is 495. The molecule has 0 saturated heterocycles. The third kappa shape index (κ3) is 4.90. The quantitative estimate of drug-likeness (QED) is 0.791. The molecule has 0 spiro atoms. The van der Waals surface area contributed by atoms with E-state index in [4.69, 9.17) is 27.9 Å². The molecule has 4 nitrogen and oxygen atoms in total. The van der Waals surface area contributed by atoms with Gasteiger partial charge in [-0.15, -0.1) is 0 Å². The minimum Gasteiger partial charge on any atom is -0.388 e. The van der Waals surface area contributed by atoms with Crippen molar-refractivity contribution in [3.05, 3.63) is 33.6 Å². The lowest BCUT2D eigenvalue weighted by atomic mass is 10.0. The van der Waals surface area contributed by atoms with Crippen LogP contribution >= 0.6 is 23.2 Å². The number of benzene rings is 1. The van der Waals surface area contributed by atoms with Gasteiger partial charge < -0.3 is 15.2 Å². The zero-order valence-corrected chi connectivity index (χ0v) is 12.7. The Kier molecular flexibility index (Phi) is 6.20. The number of nitrogens with one attached hydrogen (secondary N) is 1. The number of hydrogen-bond acceptors (Lipinski definition) is 3. The van der Waals surface area contributed by atoms with Gasteiger partial charge in [0.1, 0.15) is 5.82 Å². The van der Waals surface area contributed by atoms with Crippen LogP contribution in [0.15, 0.2) is 12.1 Å². The lowest BCUT2D eigenvalue weighted by Gasteiger charge is -2.23. The molecule has 112 valence electrons. The van der Waals surface area contributed by atoms with Gasteiger partial charge in [-0.05, 0) is 19.1 Å². The summed E-state index contributed by atoms with van der Waals surface area (Å²) < 4.78 is 18.2. The van der Waals surface area contributed by atoms with Crippen molar-refractivity contribution in [2.24, 2.45) is 0 Å². The molecule has 0 aliphatic rings. The van der Waals surface area contributed by atoms with E-state index in [9.17, 15) is 14.3 Å². The highest BCUT2D eigenvalue weighted by molar-refractivity contribution is 6.36. The van der Waals surface area contributed by atoms with Crippen LogP contribution in [0.4, 0.5) is 4.39 Å². The number of carbonyl (C=O) groups excluding carboxylic acids is 1. The summed E-state index contributed by atoms with van der Waals surface area (Å²) in [4.78, 5) is 11.9. The van der Waals surface area contributed by atoms with Crippen LogP contribution in [0.2, 0.25) is 10.0 Å². The average molecular weight is 324 g/mol. The van der Waals surface area contributed by atoms with E-state index in [2.05, 4.69) is 5.32 Å². The van der Waals surface area contributed by atoms with E-state index in [-0.39, 0.29) is 22.2 Å². The van der Waals surface area contributed by atoms with Gasteiger partial charge in [-0.3, -0.25) is 4.79 Å². The number of carbonyl (C=O) groups is 1. The number of rotatable bonds is 6. The first kappa shape index (κ1) is 17.2. The number of halogens is 3. The molecule has 2 N–H and O–H groups in total. The Labute approximate surface area is 126 Å². The molecule has 0 aromatic heterocycles. The molecule has 1 amide bonds. The summed E-state index contributed by atoms with van der Waals surface area (Å²) in [6.07, 6.45) is 0.354. The fourth-order valence-electron chi connectivity index (χ4n) is 1.47. The molecule has 20 heavy (non-hydrogen) atoms. The van der Waals surface area contributed by atoms with Gasteiger partial charge in [0.25, 0.3) is 5.91 Å². The van der Waals surface area contributed by atoms with E-state index in [1.54, 1.807) is 6.92 Å². The maximum atomic E-state index is 13.3. The smallest absolute Gasteiger partial charge is 0.253 e. The Hall–Kier alpha value is -0.880. The standard InChI is InChI=1S/C13H16Cl2FNO3/c1-13(19,3-4-20-2)7-17-12(18)8-5-11(16)10(15)6-9(8)14/h5-6,19H,3-4,7H2,1-2H3,(H,17,18). The topological polar surface area (TPSA) is 58.6 Å². The molecule has 7 heteroatoms. The van der Waals surface area contributed by atoms with E-state index < -0.39 is 17.3 Å². The predicted molar refractivity (Wildman–Crippen MR) is 75.9 cm³/mol. The van der Waals surface area contributed by atoms with Gasteiger partial charge in [0, 0.05) is 26.7 Å². The van der Waals surface area contributed by atoms with Crippen molar-refractivity contribution >= 4 is 29.1 Å². The molecule has 1 aromatic carbocycles. The van der Waals surface area contributed by atoms with Gasteiger partial charge in [-0.25, -0.2) is 4.39 Å². The van der Waals surface area contributed by atoms with Crippen LogP contribution in [0.1, 0.15) is 23.7 Å². The third-order valence-electron chi connectivity index (χ3n) is 2.73. The number of methoxy groups -OCH3 is 1. The average Bonchev–Trinajstić information content (AvgIpc) is 2.38. The van der Waals surface area contributed by atoms with Crippen molar-refractivity contribution < 1.29 is 19.0 Å². The summed E-state index contributed by atoms with van der Waals surface area (Å²) in [5.74, 6) is -1.31. The van der Waals surface area contributed by atoms with Crippen molar-refractivity contribution in [3.8, 4) is 0 Å². The van der Waals surface area contributed by atoms with Gasteiger partial charge in [0.15, 0.2) is 0 Å². The Morgan fingerprint density at radius 1 is 1.45 bits per heavy atom. The molecule has 0 bridgehead atoms. The normalized spacial score (nSPS) is 13.9. The fraction of sp³-hybridized carbons (Fsp3) is 0.462. The van der Waals surface area contributed by atoms with Crippen LogP contribution in [-0.4, -0.2) is 36.9 Å². The van der Waals surface area contributed by atoms with Gasteiger partial charge in [-0.2, -0.15) is 0 Å². The lowest BCUT2D eigenvalue weighted by Crippen LogP contribution is -2.41. The molecule has 0 fully saturated rings. The number of amides is 1. The summed E-state index contributed by atoms with van der Waals surface area (Å²) >= 11 is 11.4. The van der Waals surface area contributed by atoms with Crippen LogP contribution in [-0.2, 0) is 4.74 Å². The van der Waals surface area contributed by atoms with Crippen molar-refractivity contribution in [2.75, 3.05) is 20.3 Å². The van der Waals surface area contributed by atoms with E-state index >= 15 is 0 Å². The number of ether oxygens (including phenoxy) is 1. The van der Waals surface area contributed by atoms with E-state index in [0.29, 0.717) is 13.0 Å². The maximum absolute atomic E-state index is 13.3. The van der Waals surface area contributed by atoms with E-state index in [1.807, 2.05) is 0 Å². The molecular formula is C13H16Cl2FNO3. The molecule has 1 unspecified atom stereocenters. The molecule has 1 aromatic rings. The molecule has 1 rings (SSSR count). The highest BCUT2D eigenvalue weighted by Gasteiger charge is 2.22. The van der Waals surface area contributed by atoms with Crippen LogP contribution in [0, 0.1) is 5.82 Å².